The fourth-order valence-electron chi connectivity index (χ4n) is 3.52. The number of esters is 1. The largest absolute Gasteiger partial charge is 0.465 e. The molecule has 33 heavy (non-hydrogen) atoms. The van der Waals surface area contributed by atoms with Crippen LogP contribution >= 0.6 is 27.7 Å². The topological polar surface area (TPSA) is 80.9 Å². The lowest BCUT2D eigenvalue weighted by Gasteiger charge is -2.07. The van der Waals surface area contributed by atoms with Crippen LogP contribution in [-0.2, 0) is 9.53 Å². The van der Waals surface area contributed by atoms with Crippen molar-refractivity contribution >= 4 is 56.5 Å². The zero-order valence-corrected chi connectivity index (χ0v) is 20.9. The lowest BCUT2D eigenvalue weighted by molar-refractivity contribution is -0.115. The summed E-state index contributed by atoms with van der Waals surface area (Å²) in [5.41, 5.74) is 4.97. The number of methoxy groups -OCH3 is 1. The first-order chi connectivity index (χ1) is 15.8. The Morgan fingerprint density at radius 1 is 1.15 bits per heavy atom. The number of ether oxygens (including phenoxy) is 1. The third-order valence-electron chi connectivity index (χ3n) is 5.21. The molecule has 0 saturated carbocycles. The Morgan fingerprint density at radius 3 is 2.58 bits per heavy atom. The van der Waals surface area contributed by atoms with E-state index in [1.54, 1.807) is 24.3 Å². The number of amides is 1. The first kappa shape index (κ1) is 23.1. The lowest BCUT2D eigenvalue weighted by atomic mass is 10.0. The summed E-state index contributed by atoms with van der Waals surface area (Å²) in [5.74, 6) is 0.502. The molecule has 2 heterocycles. The van der Waals surface area contributed by atoms with Crippen molar-refractivity contribution in [3.8, 4) is 11.3 Å². The number of hydrogen-bond acceptors (Lipinski definition) is 6. The van der Waals surface area contributed by atoms with Gasteiger partial charge in [-0.05, 0) is 79.6 Å². The molecule has 1 saturated heterocycles. The average Bonchev–Trinajstić information content (AvgIpc) is 3.38. The van der Waals surface area contributed by atoms with E-state index in [1.807, 2.05) is 45.0 Å². The van der Waals surface area contributed by atoms with E-state index in [2.05, 4.69) is 26.2 Å². The highest BCUT2D eigenvalue weighted by Gasteiger charge is 2.24. The summed E-state index contributed by atoms with van der Waals surface area (Å²) < 4.78 is 11.9. The van der Waals surface area contributed by atoms with Crippen molar-refractivity contribution in [2.45, 2.75) is 20.8 Å². The van der Waals surface area contributed by atoms with Gasteiger partial charge in [-0.15, -0.1) is 0 Å². The quantitative estimate of drug-likeness (QED) is 0.319. The molecule has 168 valence electrons. The molecule has 1 aromatic heterocycles. The van der Waals surface area contributed by atoms with Crippen LogP contribution in [0.1, 0.15) is 32.8 Å². The van der Waals surface area contributed by atoms with Crippen LogP contribution in [0.5, 0.6) is 0 Å². The van der Waals surface area contributed by atoms with E-state index in [0.717, 1.165) is 32.4 Å². The Morgan fingerprint density at radius 2 is 1.88 bits per heavy atom. The van der Waals surface area contributed by atoms with Gasteiger partial charge in [-0.3, -0.25) is 4.79 Å². The van der Waals surface area contributed by atoms with Crippen LogP contribution in [0.2, 0.25) is 0 Å². The number of amidine groups is 1. The number of nitrogens with one attached hydrogen (secondary N) is 1. The number of rotatable bonds is 4. The molecule has 1 aliphatic heterocycles. The Labute approximate surface area is 204 Å². The maximum Gasteiger partial charge on any atom is 0.338 e. The van der Waals surface area contributed by atoms with Gasteiger partial charge in [0, 0.05) is 16.1 Å². The van der Waals surface area contributed by atoms with Gasteiger partial charge in [-0.25, -0.2) is 9.79 Å². The zero-order chi connectivity index (χ0) is 23.7. The van der Waals surface area contributed by atoms with Crippen molar-refractivity contribution in [3.63, 3.8) is 0 Å². The molecule has 0 radical (unpaired) electrons. The monoisotopic (exact) mass is 524 g/mol. The predicted molar refractivity (Wildman–Crippen MR) is 135 cm³/mol. The van der Waals surface area contributed by atoms with Crippen molar-refractivity contribution in [2.24, 2.45) is 4.99 Å². The number of aliphatic imine (C=N–C) groups is 1. The van der Waals surface area contributed by atoms with Gasteiger partial charge in [-0.2, -0.15) is 0 Å². The summed E-state index contributed by atoms with van der Waals surface area (Å²) in [6.45, 7) is 5.85. The van der Waals surface area contributed by atoms with Crippen LogP contribution in [-0.4, -0.2) is 24.2 Å². The highest BCUT2D eigenvalue weighted by atomic mass is 79.9. The van der Waals surface area contributed by atoms with Gasteiger partial charge in [0.15, 0.2) is 5.17 Å². The minimum atomic E-state index is -0.398. The van der Waals surface area contributed by atoms with Gasteiger partial charge >= 0.3 is 5.97 Å². The van der Waals surface area contributed by atoms with Crippen molar-refractivity contribution in [2.75, 3.05) is 7.11 Å². The van der Waals surface area contributed by atoms with E-state index >= 15 is 0 Å². The molecule has 3 aromatic rings. The fourth-order valence-corrected chi connectivity index (χ4v) is 4.57. The Kier molecular flexibility index (Phi) is 6.58. The first-order valence-electron chi connectivity index (χ1n) is 10.1. The number of furan rings is 1. The second-order valence-electron chi connectivity index (χ2n) is 7.55. The highest BCUT2D eigenvalue weighted by Crippen LogP contribution is 2.33. The van der Waals surface area contributed by atoms with Gasteiger partial charge in [0.1, 0.15) is 11.5 Å². The molecule has 0 unspecified atom stereocenters. The second kappa shape index (κ2) is 9.41. The Bertz CT molecular complexity index is 1320. The zero-order valence-electron chi connectivity index (χ0n) is 18.5. The molecule has 1 fully saturated rings. The van der Waals surface area contributed by atoms with Crippen LogP contribution in [0, 0.1) is 20.8 Å². The third kappa shape index (κ3) is 4.82. The molecule has 0 atom stereocenters. The maximum atomic E-state index is 12.5. The van der Waals surface area contributed by atoms with Gasteiger partial charge in [0.25, 0.3) is 5.91 Å². The number of carbonyl (C=O) groups excluding carboxylic acids is 2. The fraction of sp³-hybridized carbons (Fsp3) is 0.160. The normalized spacial score (nSPS) is 15.8. The van der Waals surface area contributed by atoms with Gasteiger partial charge < -0.3 is 14.5 Å². The summed E-state index contributed by atoms with van der Waals surface area (Å²) in [7, 11) is 1.35. The number of halogens is 1. The number of nitrogens with zero attached hydrogens (tertiary/aromatic N) is 1. The molecule has 8 heteroatoms. The van der Waals surface area contributed by atoms with Crippen LogP contribution < -0.4 is 5.32 Å². The van der Waals surface area contributed by atoms with Crippen LogP contribution in [0.4, 0.5) is 5.69 Å². The van der Waals surface area contributed by atoms with Crippen molar-refractivity contribution < 1.29 is 18.7 Å². The Balaban J connectivity index is 1.58. The molecule has 0 spiro atoms. The molecule has 1 aliphatic rings. The molecule has 0 bridgehead atoms. The van der Waals surface area contributed by atoms with Gasteiger partial charge in [0.05, 0.1) is 23.3 Å². The third-order valence-corrected chi connectivity index (χ3v) is 7.37. The molecule has 1 N–H and O–H groups in total. The van der Waals surface area contributed by atoms with Gasteiger partial charge in [-0.1, -0.05) is 28.1 Å². The summed E-state index contributed by atoms with van der Waals surface area (Å²) in [4.78, 5) is 29.5. The maximum absolute atomic E-state index is 12.5. The first-order valence-corrected chi connectivity index (χ1v) is 11.7. The van der Waals surface area contributed by atoms with Crippen LogP contribution in [0.3, 0.4) is 0 Å². The van der Waals surface area contributed by atoms with E-state index in [9.17, 15) is 9.59 Å². The summed E-state index contributed by atoms with van der Waals surface area (Å²) in [6.07, 6.45) is 1.68. The number of hydrogen-bond donors (Lipinski definition) is 1. The van der Waals surface area contributed by atoms with E-state index in [1.165, 1.54) is 18.9 Å². The van der Waals surface area contributed by atoms with Crippen LogP contribution in [0.25, 0.3) is 17.4 Å². The van der Waals surface area contributed by atoms with E-state index in [-0.39, 0.29) is 5.91 Å². The molecule has 0 aliphatic carbocycles. The van der Waals surface area contributed by atoms with E-state index in [4.69, 9.17) is 9.15 Å². The van der Waals surface area contributed by atoms with Crippen molar-refractivity contribution in [3.05, 3.63) is 79.9 Å². The van der Waals surface area contributed by atoms with E-state index in [0.29, 0.717) is 27.2 Å². The molecule has 2 aromatic carbocycles. The van der Waals surface area contributed by atoms with Gasteiger partial charge in [0.2, 0.25) is 0 Å². The second-order valence-corrected chi connectivity index (χ2v) is 9.37. The number of aryl methyl sites for hydroxylation is 2. The number of benzene rings is 2. The van der Waals surface area contributed by atoms with Crippen molar-refractivity contribution in [1.29, 1.82) is 0 Å². The molecular formula is C25H21BrN2O4S. The summed E-state index contributed by atoms with van der Waals surface area (Å²) in [6, 6.07) is 12.9. The highest BCUT2D eigenvalue weighted by molar-refractivity contribution is 9.10. The molecule has 1 amide bonds. The van der Waals surface area contributed by atoms with Crippen molar-refractivity contribution in [1.82, 2.24) is 5.32 Å². The number of thioether (sulfide) groups is 1. The standard InChI is InChI=1S/C25H21BrN2O4S/c1-13-10-16(11-14(2)22(13)26)27-25-28-23(29)21(33-25)12-17-8-9-20(32-17)18-6-5-7-19(15(18)3)24(30)31-4/h5-12H,1-4H3,(H,27,28,29)/b21-12-. The SMILES string of the molecule is COC(=O)c1cccc(-c2ccc(/C=C3\SC(=Nc4cc(C)c(Br)c(C)c4)NC3=O)o2)c1C. The minimum Gasteiger partial charge on any atom is -0.465 e. The summed E-state index contributed by atoms with van der Waals surface area (Å²) >= 11 is 4.81. The minimum absolute atomic E-state index is 0.230. The average molecular weight is 525 g/mol. The molecule has 4 rings (SSSR count). The van der Waals surface area contributed by atoms with E-state index < -0.39 is 5.97 Å². The summed E-state index contributed by atoms with van der Waals surface area (Å²) in [5, 5.41) is 3.32. The molecule has 6 nitrogen and oxygen atoms in total. The lowest BCUT2D eigenvalue weighted by Crippen LogP contribution is -2.19. The number of carbonyl (C=O) groups is 2. The molecular weight excluding hydrogens is 504 g/mol. The smallest absolute Gasteiger partial charge is 0.338 e. The predicted octanol–water partition coefficient (Wildman–Crippen LogP) is 6.31. The Hall–Kier alpha value is -3.10. The van der Waals surface area contributed by atoms with Crippen LogP contribution in [0.15, 0.2) is 61.3 Å².